The summed E-state index contributed by atoms with van der Waals surface area (Å²) in [6, 6.07) is 11.8. The summed E-state index contributed by atoms with van der Waals surface area (Å²) < 4.78 is 1.67. The Bertz CT molecular complexity index is 741. The van der Waals surface area contributed by atoms with Gasteiger partial charge in [-0.2, -0.15) is 5.10 Å². The normalized spacial score (nSPS) is 20.2. The second-order valence-electron chi connectivity index (χ2n) is 7.07. The second kappa shape index (κ2) is 5.74. The molecule has 5 heteroatoms. The lowest BCUT2D eigenvalue weighted by Crippen LogP contribution is -2.42. The highest BCUT2D eigenvalue weighted by atomic mass is 16.3. The minimum absolute atomic E-state index is 0.0356. The summed E-state index contributed by atoms with van der Waals surface area (Å²) in [5, 5.41) is 14.7. The third-order valence-electron chi connectivity index (χ3n) is 5.47. The van der Waals surface area contributed by atoms with Gasteiger partial charge in [-0.25, -0.2) is 0 Å². The van der Waals surface area contributed by atoms with E-state index in [1.54, 1.807) is 4.68 Å². The molecule has 1 N–H and O–H groups in total. The lowest BCUT2D eigenvalue weighted by Gasteiger charge is -2.34. The van der Waals surface area contributed by atoms with Gasteiger partial charge in [0.1, 0.15) is 5.69 Å². The third-order valence-corrected chi connectivity index (χ3v) is 5.47. The molecule has 2 aromatic rings. The van der Waals surface area contributed by atoms with Crippen LogP contribution in [0.2, 0.25) is 0 Å². The topological polar surface area (TPSA) is 58.4 Å². The maximum absolute atomic E-state index is 12.8. The van der Waals surface area contributed by atoms with Crippen LogP contribution in [0.3, 0.4) is 0 Å². The predicted molar refractivity (Wildman–Crippen MR) is 91.5 cm³/mol. The fraction of sp³-hybridized carbons (Fsp3) is 0.474. The number of carbonyl (C=O) groups is 1. The van der Waals surface area contributed by atoms with Crippen LogP contribution >= 0.6 is 0 Å². The van der Waals surface area contributed by atoms with Crippen molar-refractivity contribution in [3.63, 3.8) is 0 Å². The number of aliphatic hydroxyl groups is 1. The van der Waals surface area contributed by atoms with Gasteiger partial charge in [0.25, 0.3) is 5.91 Å². The average Bonchev–Trinajstić information content (AvgIpc) is 3.25. The summed E-state index contributed by atoms with van der Waals surface area (Å²) >= 11 is 0. The fourth-order valence-corrected chi connectivity index (χ4v) is 3.74. The van der Waals surface area contributed by atoms with E-state index >= 15 is 0 Å². The SMILES string of the molecule is Cn1nc(-c2ccccc2)cc1C(=O)N1CCC(C2(O)CC2)CC1. The largest absolute Gasteiger partial charge is 0.390 e. The van der Waals surface area contributed by atoms with Crippen molar-refractivity contribution < 1.29 is 9.90 Å². The van der Waals surface area contributed by atoms with E-state index in [-0.39, 0.29) is 5.91 Å². The zero-order valence-electron chi connectivity index (χ0n) is 14.0. The molecule has 4 rings (SSSR count). The molecular weight excluding hydrogens is 302 g/mol. The molecule has 1 amide bonds. The summed E-state index contributed by atoms with van der Waals surface area (Å²) in [4.78, 5) is 14.7. The van der Waals surface area contributed by atoms with Crippen LogP contribution in [0.4, 0.5) is 0 Å². The number of nitrogens with zero attached hydrogens (tertiary/aromatic N) is 3. The third kappa shape index (κ3) is 2.73. The molecule has 1 aromatic carbocycles. The van der Waals surface area contributed by atoms with Gasteiger partial charge < -0.3 is 10.0 Å². The number of benzene rings is 1. The van der Waals surface area contributed by atoms with Crippen molar-refractivity contribution in [1.29, 1.82) is 0 Å². The molecule has 0 spiro atoms. The number of hydrogen-bond acceptors (Lipinski definition) is 3. The maximum Gasteiger partial charge on any atom is 0.272 e. The molecule has 1 aromatic heterocycles. The Morgan fingerprint density at radius 1 is 1.21 bits per heavy atom. The quantitative estimate of drug-likeness (QED) is 0.943. The number of piperidine rings is 1. The van der Waals surface area contributed by atoms with Gasteiger partial charge in [-0.15, -0.1) is 0 Å². The molecule has 2 heterocycles. The summed E-state index contributed by atoms with van der Waals surface area (Å²) in [5.74, 6) is 0.390. The molecule has 126 valence electrons. The molecule has 0 bridgehead atoms. The van der Waals surface area contributed by atoms with E-state index in [1.165, 1.54) is 0 Å². The number of likely N-dealkylation sites (tertiary alicyclic amines) is 1. The lowest BCUT2D eigenvalue weighted by atomic mass is 9.89. The van der Waals surface area contributed by atoms with E-state index in [4.69, 9.17) is 0 Å². The fourth-order valence-electron chi connectivity index (χ4n) is 3.74. The molecule has 0 radical (unpaired) electrons. The minimum Gasteiger partial charge on any atom is -0.390 e. The van der Waals surface area contributed by atoms with Gasteiger partial charge in [-0.3, -0.25) is 9.48 Å². The van der Waals surface area contributed by atoms with Gasteiger partial charge >= 0.3 is 0 Å². The first-order valence-electron chi connectivity index (χ1n) is 8.68. The summed E-state index contributed by atoms with van der Waals surface area (Å²) in [6.45, 7) is 1.44. The number of aromatic nitrogens is 2. The zero-order chi connectivity index (χ0) is 16.7. The Morgan fingerprint density at radius 3 is 2.50 bits per heavy atom. The minimum atomic E-state index is -0.428. The standard InChI is InChI=1S/C19H23N3O2/c1-21-17(13-16(20-21)14-5-3-2-4-6-14)18(23)22-11-7-15(8-12-22)19(24)9-10-19/h2-6,13,15,24H,7-12H2,1H3. The highest BCUT2D eigenvalue weighted by Gasteiger charge is 2.48. The van der Waals surface area contributed by atoms with E-state index < -0.39 is 5.60 Å². The van der Waals surface area contributed by atoms with Crippen LogP contribution < -0.4 is 0 Å². The Balaban J connectivity index is 1.48. The van der Waals surface area contributed by atoms with Gasteiger partial charge in [0.05, 0.1) is 11.3 Å². The molecule has 5 nitrogen and oxygen atoms in total. The lowest BCUT2D eigenvalue weighted by molar-refractivity contribution is 0.0336. The molecule has 0 unspecified atom stereocenters. The summed E-state index contributed by atoms with van der Waals surface area (Å²) in [6.07, 6.45) is 3.64. The Kier molecular flexibility index (Phi) is 3.68. The van der Waals surface area contributed by atoms with Crippen LogP contribution in [0.1, 0.15) is 36.2 Å². The first kappa shape index (κ1) is 15.4. The van der Waals surface area contributed by atoms with E-state index in [2.05, 4.69) is 5.10 Å². The van der Waals surface area contributed by atoms with Crippen molar-refractivity contribution in [2.75, 3.05) is 13.1 Å². The summed E-state index contributed by atoms with van der Waals surface area (Å²) in [5.41, 5.74) is 2.03. The molecule has 2 aliphatic rings. The van der Waals surface area contributed by atoms with E-state index in [9.17, 15) is 9.90 Å². The monoisotopic (exact) mass is 325 g/mol. The summed E-state index contributed by atoms with van der Waals surface area (Å²) in [7, 11) is 1.82. The average molecular weight is 325 g/mol. The molecule has 1 saturated heterocycles. The Morgan fingerprint density at radius 2 is 1.88 bits per heavy atom. The van der Waals surface area contributed by atoms with Crippen LogP contribution in [-0.2, 0) is 7.05 Å². The smallest absolute Gasteiger partial charge is 0.272 e. The van der Waals surface area contributed by atoms with Crippen molar-refractivity contribution in [1.82, 2.24) is 14.7 Å². The number of hydrogen-bond donors (Lipinski definition) is 1. The second-order valence-corrected chi connectivity index (χ2v) is 7.07. The van der Waals surface area contributed by atoms with Crippen LogP contribution in [0.25, 0.3) is 11.3 Å². The van der Waals surface area contributed by atoms with Gasteiger partial charge in [-0.1, -0.05) is 30.3 Å². The highest BCUT2D eigenvalue weighted by molar-refractivity contribution is 5.93. The van der Waals surface area contributed by atoms with Crippen molar-refractivity contribution >= 4 is 5.91 Å². The number of rotatable bonds is 3. The number of aryl methyl sites for hydroxylation is 1. The molecule has 1 saturated carbocycles. The van der Waals surface area contributed by atoms with Gasteiger partial charge in [-0.05, 0) is 37.7 Å². The van der Waals surface area contributed by atoms with Gasteiger partial charge in [0.15, 0.2) is 0 Å². The molecule has 1 aliphatic carbocycles. The van der Waals surface area contributed by atoms with Crippen LogP contribution in [-0.4, -0.2) is 44.4 Å². The van der Waals surface area contributed by atoms with Crippen molar-refractivity contribution in [3.05, 3.63) is 42.1 Å². The van der Waals surface area contributed by atoms with Crippen LogP contribution in [0.15, 0.2) is 36.4 Å². The highest BCUT2D eigenvalue weighted by Crippen LogP contribution is 2.46. The van der Waals surface area contributed by atoms with E-state index in [0.717, 1.165) is 50.0 Å². The first-order chi connectivity index (χ1) is 11.6. The van der Waals surface area contributed by atoms with Gasteiger partial charge in [0.2, 0.25) is 0 Å². The molecule has 1 aliphatic heterocycles. The first-order valence-corrected chi connectivity index (χ1v) is 8.68. The Hall–Kier alpha value is -2.14. The molecule has 2 fully saturated rings. The van der Waals surface area contributed by atoms with Crippen molar-refractivity contribution in [3.8, 4) is 11.3 Å². The number of amides is 1. The Labute approximate surface area is 141 Å². The van der Waals surface area contributed by atoms with Crippen LogP contribution in [0.5, 0.6) is 0 Å². The van der Waals surface area contributed by atoms with Crippen molar-refractivity contribution in [2.45, 2.75) is 31.3 Å². The number of carbonyl (C=O) groups excluding carboxylic acids is 1. The maximum atomic E-state index is 12.8. The van der Waals surface area contributed by atoms with Crippen LogP contribution in [0, 0.1) is 5.92 Å². The molecular formula is C19H23N3O2. The molecule has 24 heavy (non-hydrogen) atoms. The van der Waals surface area contributed by atoms with Crippen molar-refractivity contribution in [2.24, 2.45) is 13.0 Å². The van der Waals surface area contributed by atoms with Gasteiger partial charge in [0, 0.05) is 25.7 Å². The van der Waals surface area contributed by atoms with E-state index in [1.807, 2.05) is 48.3 Å². The molecule has 0 atom stereocenters. The predicted octanol–water partition coefficient (Wildman–Crippen LogP) is 2.46. The van der Waals surface area contributed by atoms with E-state index in [0.29, 0.717) is 11.6 Å². The zero-order valence-corrected chi connectivity index (χ0v) is 14.0.